The van der Waals surface area contributed by atoms with Crippen LogP contribution in [0.2, 0.25) is 5.15 Å². The molecule has 6 nitrogen and oxygen atoms in total. The van der Waals surface area contributed by atoms with Crippen LogP contribution >= 0.6 is 11.6 Å². The molecule has 0 saturated heterocycles. The Balaban J connectivity index is 1.73. The average molecular weight is 338 g/mol. The van der Waals surface area contributed by atoms with Crippen molar-refractivity contribution in [3.63, 3.8) is 0 Å². The Morgan fingerprint density at radius 1 is 1.48 bits per heavy atom. The van der Waals surface area contributed by atoms with Crippen LogP contribution in [0.25, 0.3) is 0 Å². The van der Waals surface area contributed by atoms with Gasteiger partial charge in [-0.2, -0.15) is 0 Å². The molecule has 0 radical (unpaired) electrons. The molecule has 0 aliphatic heterocycles. The third-order valence-corrected chi connectivity index (χ3v) is 4.09. The van der Waals surface area contributed by atoms with Gasteiger partial charge in [0.15, 0.2) is 0 Å². The van der Waals surface area contributed by atoms with Crippen molar-refractivity contribution >= 4 is 29.3 Å². The Hall–Kier alpha value is -2.08. The number of pyridine rings is 1. The van der Waals surface area contributed by atoms with Crippen molar-refractivity contribution in [3.05, 3.63) is 35.1 Å². The van der Waals surface area contributed by atoms with Crippen LogP contribution in [0.4, 0.5) is 5.82 Å². The maximum atomic E-state index is 10.8. The number of halogens is 1. The molecular weight excluding hydrogens is 318 g/mol. The third kappa shape index (κ3) is 5.56. The van der Waals surface area contributed by atoms with Crippen molar-refractivity contribution in [2.75, 3.05) is 11.9 Å². The van der Waals surface area contributed by atoms with E-state index in [4.69, 9.17) is 26.9 Å². The minimum Gasteiger partial charge on any atom is -0.478 e. The monoisotopic (exact) mass is 337 g/mol. The van der Waals surface area contributed by atoms with Gasteiger partial charge >= 0.3 is 5.97 Å². The lowest BCUT2D eigenvalue weighted by Crippen LogP contribution is -2.06. The van der Waals surface area contributed by atoms with Crippen LogP contribution in [0, 0.1) is 11.3 Å². The quantitative estimate of drug-likeness (QED) is 0.398. The number of hydrogen-bond acceptors (Lipinski definition) is 5. The summed E-state index contributed by atoms with van der Waals surface area (Å²) in [7, 11) is 0. The summed E-state index contributed by atoms with van der Waals surface area (Å²) in [6.07, 6.45) is 9.15. The molecule has 3 N–H and O–H groups in total. The number of anilines is 1. The largest absolute Gasteiger partial charge is 0.478 e. The van der Waals surface area contributed by atoms with E-state index in [-0.39, 0.29) is 16.6 Å². The fraction of sp³-hybridized carbons (Fsp3) is 0.438. The van der Waals surface area contributed by atoms with E-state index in [1.807, 2.05) is 0 Å². The molecule has 0 spiro atoms. The second-order valence-electron chi connectivity index (χ2n) is 5.47. The summed E-state index contributed by atoms with van der Waals surface area (Å²) in [5.74, 6) is 0.0878. The fourth-order valence-corrected chi connectivity index (χ4v) is 2.79. The van der Waals surface area contributed by atoms with Crippen molar-refractivity contribution < 1.29 is 14.6 Å². The summed E-state index contributed by atoms with van der Waals surface area (Å²) in [5, 5.41) is 19.3. The molecule has 0 bridgehead atoms. The van der Waals surface area contributed by atoms with E-state index in [2.05, 4.69) is 10.3 Å². The van der Waals surface area contributed by atoms with Crippen LogP contribution in [-0.4, -0.2) is 28.6 Å². The predicted octanol–water partition coefficient (Wildman–Crippen LogP) is 3.93. The maximum Gasteiger partial charge on any atom is 0.338 e. The first-order valence-electron chi connectivity index (χ1n) is 7.60. The second kappa shape index (κ2) is 8.53. The first kappa shape index (κ1) is 17.3. The molecule has 23 heavy (non-hydrogen) atoms. The molecule has 0 atom stereocenters. The smallest absolute Gasteiger partial charge is 0.338 e. The molecule has 7 heteroatoms. The van der Waals surface area contributed by atoms with Crippen molar-refractivity contribution in [1.82, 2.24) is 4.98 Å². The Morgan fingerprint density at radius 2 is 2.22 bits per heavy atom. The number of aromatic carboxylic acids is 1. The predicted molar refractivity (Wildman–Crippen MR) is 89.2 cm³/mol. The van der Waals surface area contributed by atoms with Gasteiger partial charge in [-0.15, -0.1) is 0 Å². The van der Waals surface area contributed by atoms with Crippen molar-refractivity contribution in [2.24, 2.45) is 5.92 Å². The third-order valence-electron chi connectivity index (χ3n) is 3.80. The number of carboxylic acids is 1. The number of nitrogens with zero attached hydrogens (tertiary/aromatic N) is 1. The van der Waals surface area contributed by atoms with E-state index >= 15 is 0 Å². The Labute approximate surface area is 140 Å². The van der Waals surface area contributed by atoms with Gasteiger partial charge in [-0.1, -0.05) is 37.3 Å². The van der Waals surface area contributed by atoms with Gasteiger partial charge in [0.25, 0.3) is 0 Å². The van der Waals surface area contributed by atoms with Crippen LogP contribution in [-0.2, 0) is 4.74 Å². The van der Waals surface area contributed by atoms with Gasteiger partial charge in [0.2, 0.25) is 5.90 Å². The highest BCUT2D eigenvalue weighted by atomic mass is 35.5. The van der Waals surface area contributed by atoms with Gasteiger partial charge in [-0.3, -0.25) is 5.41 Å². The van der Waals surface area contributed by atoms with E-state index in [0.717, 1.165) is 12.3 Å². The van der Waals surface area contributed by atoms with Crippen LogP contribution in [0.3, 0.4) is 0 Å². The molecule has 0 aromatic carbocycles. The van der Waals surface area contributed by atoms with Crippen molar-refractivity contribution in [3.8, 4) is 0 Å². The minimum atomic E-state index is -1.12. The lowest BCUT2D eigenvalue weighted by atomic mass is 10.1. The van der Waals surface area contributed by atoms with Gasteiger partial charge in [0.1, 0.15) is 11.0 Å². The molecule has 2 rings (SSSR count). The first-order chi connectivity index (χ1) is 11.1. The van der Waals surface area contributed by atoms with E-state index in [0.29, 0.717) is 12.4 Å². The van der Waals surface area contributed by atoms with E-state index < -0.39 is 5.97 Å². The summed E-state index contributed by atoms with van der Waals surface area (Å²) in [4.78, 5) is 14.7. The highest BCUT2D eigenvalue weighted by Gasteiger charge is 2.14. The maximum absolute atomic E-state index is 10.8. The van der Waals surface area contributed by atoms with E-state index in [1.54, 1.807) is 0 Å². The number of rotatable bonds is 7. The van der Waals surface area contributed by atoms with Crippen LogP contribution in [0.15, 0.2) is 24.4 Å². The van der Waals surface area contributed by atoms with Gasteiger partial charge in [-0.25, -0.2) is 9.78 Å². The average Bonchev–Trinajstić information content (AvgIpc) is 3.00. The Bertz CT molecular complexity index is 598. The number of hydrogen-bond donors (Lipinski definition) is 3. The summed E-state index contributed by atoms with van der Waals surface area (Å²) < 4.78 is 5.35. The zero-order chi connectivity index (χ0) is 16.7. The molecule has 1 aliphatic carbocycles. The molecule has 0 amide bonds. The zero-order valence-electron chi connectivity index (χ0n) is 12.7. The van der Waals surface area contributed by atoms with E-state index in [9.17, 15) is 4.79 Å². The number of aromatic nitrogens is 1. The summed E-state index contributed by atoms with van der Waals surface area (Å²) in [5.41, 5.74) is -0.0517. The number of ether oxygens (including phenoxy) is 1. The number of nitrogens with one attached hydrogen (secondary N) is 2. The molecule has 1 aliphatic rings. The first-order valence-corrected chi connectivity index (χ1v) is 7.98. The molecule has 1 fully saturated rings. The van der Waals surface area contributed by atoms with Crippen LogP contribution in [0.5, 0.6) is 0 Å². The zero-order valence-corrected chi connectivity index (χ0v) is 13.5. The molecule has 0 unspecified atom stereocenters. The molecule has 1 heterocycles. The number of carbonyl (C=O) groups is 1. The normalized spacial score (nSPS) is 15.0. The lowest BCUT2D eigenvalue weighted by molar-refractivity contribution is 0.0696. The Morgan fingerprint density at radius 3 is 2.87 bits per heavy atom. The topological polar surface area (TPSA) is 95.3 Å². The molecule has 124 valence electrons. The molecule has 1 aromatic heterocycles. The van der Waals surface area contributed by atoms with Crippen LogP contribution < -0.4 is 5.32 Å². The highest BCUT2D eigenvalue weighted by Crippen LogP contribution is 2.27. The molecule has 1 aromatic rings. The molecular formula is C16H20ClN3O3. The van der Waals surface area contributed by atoms with Gasteiger partial charge < -0.3 is 15.2 Å². The lowest BCUT2D eigenvalue weighted by Gasteiger charge is -2.09. The summed E-state index contributed by atoms with van der Waals surface area (Å²) in [6.45, 7) is 0.561. The summed E-state index contributed by atoms with van der Waals surface area (Å²) >= 11 is 5.77. The SMILES string of the molecule is N=C(/C=C\Nc1ccc(C(=O)O)c(Cl)n1)OCCC1CCCC1. The van der Waals surface area contributed by atoms with Crippen molar-refractivity contribution in [2.45, 2.75) is 32.1 Å². The molecule has 1 saturated carbocycles. The van der Waals surface area contributed by atoms with Gasteiger partial charge in [0, 0.05) is 12.3 Å². The van der Waals surface area contributed by atoms with Gasteiger partial charge in [-0.05, 0) is 24.5 Å². The standard InChI is InChI=1S/C16H20ClN3O3/c17-15-12(16(21)22)5-6-14(20-15)19-9-7-13(18)23-10-8-11-3-1-2-4-11/h5-7,9,11,18H,1-4,8,10H2,(H,19,20)(H,21,22)/b9-7-,18-13?. The van der Waals surface area contributed by atoms with Crippen LogP contribution in [0.1, 0.15) is 42.5 Å². The van der Waals surface area contributed by atoms with Gasteiger partial charge in [0.05, 0.1) is 12.2 Å². The summed E-state index contributed by atoms with van der Waals surface area (Å²) in [6, 6.07) is 2.88. The minimum absolute atomic E-state index is 0.0517. The Kier molecular flexibility index (Phi) is 6.40. The fourth-order valence-electron chi connectivity index (χ4n) is 2.56. The number of carboxylic acid groups (broad SMARTS) is 1. The van der Waals surface area contributed by atoms with Crippen molar-refractivity contribution in [1.29, 1.82) is 5.41 Å². The second-order valence-corrected chi connectivity index (χ2v) is 5.83. The van der Waals surface area contributed by atoms with E-state index in [1.165, 1.54) is 50.1 Å². The highest BCUT2D eigenvalue weighted by molar-refractivity contribution is 6.32.